The van der Waals surface area contributed by atoms with E-state index >= 15 is 0 Å². The molecular formula is C13H14ClFO. The van der Waals surface area contributed by atoms with Crippen LogP contribution in [0.3, 0.4) is 0 Å². The SMILES string of the molecule is Fc1ccc2c(c1)CC(CC1(CCl)CC1)O2. The first-order valence-electron chi connectivity index (χ1n) is 5.72. The quantitative estimate of drug-likeness (QED) is 0.735. The molecule has 1 aliphatic carbocycles. The van der Waals surface area contributed by atoms with Crippen LogP contribution >= 0.6 is 11.6 Å². The number of hydrogen-bond donors (Lipinski definition) is 0. The van der Waals surface area contributed by atoms with Gasteiger partial charge in [-0.2, -0.15) is 0 Å². The van der Waals surface area contributed by atoms with Crippen molar-refractivity contribution in [3.05, 3.63) is 29.6 Å². The minimum Gasteiger partial charge on any atom is -0.490 e. The van der Waals surface area contributed by atoms with E-state index in [9.17, 15) is 4.39 Å². The van der Waals surface area contributed by atoms with Crippen LogP contribution in [0.2, 0.25) is 0 Å². The first-order valence-corrected chi connectivity index (χ1v) is 6.25. The summed E-state index contributed by atoms with van der Waals surface area (Å²) in [5, 5.41) is 0. The number of hydrogen-bond acceptors (Lipinski definition) is 1. The normalized spacial score (nSPS) is 25.0. The average molecular weight is 241 g/mol. The van der Waals surface area contributed by atoms with Crippen molar-refractivity contribution in [2.75, 3.05) is 5.88 Å². The third-order valence-electron chi connectivity index (χ3n) is 3.67. The zero-order valence-corrected chi connectivity index (χ0v) is 9.77. The lowest BCUT2D eigenvalue weighted by molar-refractivity contribution is 0.192. The van der Waals surface area contributed by atoms with Crippen LogP contribution in [-0.2, 0) is 6.42 Å². The molecule has 1 fully saturated rings. The summed E-state index contributed by atoms with van der Waals surface area (Å²) < 4.78 is 18.8. The van der Waals surface area contributed by atoms with Gasteiger partial charge in [0.2, 0.25) is 0 Å². The molecule has 0 N–H and O–H groups in total. The molecule has 1 aromatic carbocycles. The second kappa shape index (κ2) is 3.63. The molecule has 1 nitrogen and oxygen atoms in total. The van der Waals surface area contributed by atoms with Gasteiger partial charge in [0.05, 0.1) is 0 Å². The summed E-state index contributed by atoms with van der Waals surface area (Å²) in [4.78, 5) is 0. The van der Waals surface area contributed by atoms with E-state index in [1.165, 1.54) is 18.9 Å². The van der Waals surface area contributed by atoms with E-state index in [1.54, 1.807) is 12.1 Å². The fourth-order valence-electron chi connectivity index (χ4n) is 2.45. The summed E-state index contributed by atoms with van der Waals surface area (Å²) in [5.74, 6) is 1.38. The summed E-state index contributed by atoms with van der Waals surface area (Å²) in [6.07, 6.45) is 4.44. The summed E-state index contributed by atoms with van der Waals surface area (Å²) in [7, 11) is 0. The number of halogens is 2. The van der Waals surface area contributed by atoms with E-state index in [1.807, 2.05) is 0 Å². The standard InChI is InChI=1S/C13H14ClFO/c14-8-13(3-4-13)7-11-6-9-5-10(15)1-2-12(9)16-11/h1-2,5,11H,3-4,6-8H2. The minimum atomic E-state index is -0.179. The van der Waals surface area contributed by atoms with Gasteiger partial charge in [-0.25, -0.2) is 4.39 Å². The molecule has 0 bridgehead atoms. The third-order valence-corrected chi connectivity index (χ3v) is 4.23. The molecule has 1 aromatic rings. The Bertz CT molecular complexity index is 414. The fraction of sp³-hybridized carbons (Fsp3) is 0.538. The van der Waals surface area contributed by atoms with Crippen molar-refractivity contribution >= 4 is 11.6 Å². The Kier molecular flexibility index (Phi) is 2.36. The maximum atomic E-state index is 13.0. The molecule has 1 atom stereocenters. The minimum absolute atomic E-state index is 0.179. The van der Waals surface area contributed by atoms with Crippen LogP contribution in [0.15, 0.2) is 18.2 Å². The first kappa shape index (κ1) is 10.4. The number of ether oxygens (including phenoxy) is 1. The number of alkyl halides is 1. The van der Waals surface area contributed by atoms with Gasteiger partial charge in [-0.15, -0.1) is 11.6 Å². The zero-order chi connectivity index (χ0) is 11.2. The van der Waals surface area contributed by atoms with E-state index in [4.69, 9.17) is 16.3 Å². The first-order chi connectivity index (χ1) is 7.71. The second-order valence-electron chi connectivity index (χ2n) is 5.03. The molecular weight excluding hydrogens is 227 g/mol. The van der Waals surface area contributed by atoms with Crippen molar-refractivity contribution in [1.29, 1.82) is 0 Å². The van der Waals surface area contributed by atoms with E-state index in [2.05, 4.69) is 0 Å². The van der Waals surface area contributed by atoms with Crippen LogP contribution in [-0.4, -0.2) is 12.0 Å². The Labute approximate surface area is 99.6 Å². The zero-order valence-electron chi connectivity index (χ0n) is 9.01. The van der Waals surface area contributed by atoms with E-state index in [0.29, 0.717) is 5.41 Å². The van der Waals surface area contributed by atoms with Crippen LogP contribution in [0.4, 0.5) is 4.39 Å². The highest BCUT2D eigenvalue weighted by atomic mass is 35.5. The van der Waals surface area contributed by atoms with Crippen molar-refractivity contribution in [3.63, 3.8) is 0 Å². The van der Waals surface area contributed by atoms with Gasteiger partial charge in [0.25, 0.3) is 0 Å². The molecule has 2 aliphatic rings. The predicted molar refractivity (Wildman–Crippen MR) is 61.5 cm³/mol. The fourth-order valence-corrected chi connectivity index (χ4v) is 2.83. The van der Waals surface area contributed by atoms with Crippen molar-refractivity contribution in [3.8, 4) is 5.75 Å². The topological polar surface area (TPSA) is 9.23 Å². The van der Waals surface area contributed by atoms with Crippen molar-refractivity contribution in [1.82, 2.24) is 0 Å². The van der Waals surface area contributed by atoms with Gasteiger partial charge in [-0.3, -0.25) is 0 Å². The Balaban J connectivity index is 1.71. The van der Waals surface area contributed by atoms with E-state index < -0.39 is 0 Å². The maximum Gasteiger partial charge on any atom is 0.123 e. The summed E-state index contributed by atoms with van der Waals surface area (Å²) in [5.41, 5.74) is 1.31. The Morgan fingerprint density at radius 1 is 1.44 bits per heavy atom. The van der Waals surface area contributed by atoms with Gasteiger partial charge in [0.1, 0.15) is 17.7 Å². The molecule has 1 saturated carbocycles. The Morgan fingerprint density at radius 3 is 2.94 bits per heavy atom. The molecule has 16 heavy (non-hydrogen) atoms. The highest BCUT2D eigenvalue weighted by molar-refractivity contribution is 6.18. The Hall–Kier alpha value is -0.760. The number of rotatable bonds is 3. The third kappa shape index (κ3) is 1.80. The van der Waals surface area contributed by atoms with Crippen molar-refractivity contribution in [2.45, 2.75) is 31.8 Å². The lowest BCUT2D eigenvalue weighted by Crippen LogP contribution is -2.20. The molecule has 1 aliphatic heterocycles. The maximum absolute atomic E-state index is 13.0. The van der Waals surface area contributed by atoms with Crippen LogP contribution in [0.5, 0.6) is 5.75 Å². The van der Waals surface area contributed by atoms with Crippen LogP contribution in [0, 0.1) is 11.2 Å². The van der Waals surface area contributed by atoms with Crippen LogP contribution in [0.25, 0.3) is 0 Å². The number of benzene rings is 1. The molecule has 1 unspecified atom stereocenters. The monoisotopic (exact) mass is 240 g/mol. The van der Waals surface area contributed by atoms with Gasteiger partial charge < -0.3 is 4.74 Å². The van der Waals surface area contributed by atoms with Crippen molar-refractivity contribution in [2.24, 2.45) is 5.41 Å². The smallest absolute Gasteiger partial charge is 0.123 e. The molecule has 0 spiro atoms. The average Bonchev–Trinajstić information content (AvgIpc) is 2.92. The lowest BCUT2D eigenvalue weighted by Gasteiger charge is -2.16. The van der Waals surface area contributed by atoms with Crippen LogP contribution in [0.1, 0.15) is 24.8 Å². The van der Waals surface area contributed by atoms with Gasteiger partial charge in [0.15, 0.2) is 0 Å². The molecule has 1 heterocycles. The van der Waals surface area contributed by atoms with Gasteiger partial charge in [-0.1, -0.05) is 0 Å². The molecule has 0 amide bonds. The largest absolute Gasteiger partial charge is 0.490 e. The molecule has 0 aromatic heterocycles. The number of fused-ring (bicyclic) bond motifs is 1. The predicted octanol–water partition coefficient (Wildman–Crippen LogP) is 3.54. The molecule has 86 valence electrons. The summed E-state index contributed by atoms with van der Waals surface area (Å²) >= 11 is 5.96. The molecule has 3 heteroatoms. The Morgan fingerprint density at radius 2 is 2.25 bits per heavy atom. The van der Waals surface area contributed by atoms with Crippen LogP contribution < -0.4 is 4.74 Å². The second-order valence-corrected chi connectivity index (χ2v) is 5.30. The van der Waals surface area contributed by atoms with Gasteiger partial charge >= 0.3 is 0 Å². The molecule has 0 radical (unpaired) electrons. The van der Waals surface area contributed by atoms with E-state index in [-0.39, 0.29) is 11.9 Å². The van der Waals surface area contributed by atoms with Gasteiger partial charge in [0, 0.05) is 17.9 Å². The van der Waals surface area contributed by atoms with E-state index in [0.717, 1.165) is 30.0 Å². The molecule has 3 rings (SSSR count). The van der Waals surface area contributed by atoms with Gasteiger partial charge in [-0.05, 0) is 42.9 Å². The summed E-state index contributed by atoms with van der Waals surface area (Å²) in [6.45, 7) is 0. The lowest BCUT2D eigenvalue weighted by atomic mass is 9.98. The van der Waals surface area contributed by atoms with Crippen molar-refractivity contribution < 1.29 is 9.13 Å². The highest BCUT2D eigenvalue weighted by Crippen LogP contribution is 2.52. The molecule has 0 saturated heterocycles. The highest BCUT2D eigenvalue weighted by Gasteiger charge is 2.44. The summed E-state index contributed by atoms with van der Waals surface area (Å²) in [6, 6.07) is 4.76.